The van der Waals surface area contributed by atoms with Gasteiger partial charge in [0.15, 0.2) is 5.03 Å². The summed E-state index contributed by atoms with van der Waals surface area (Å²) in [6.45, 7) is 0.790. The zero-order chi connectivity index (χ0) is 23.4. The van der Waals surface area contributed by atoms with Crippen molar-refractivity contribution in [1.82, 2.24) is 14.1 Å². The standard InChI is InChI=1S/C23H27N3O6S/c1-30-19-7-3-17(4-8-19)13-25(14-18-5-9-20(31-2)10-6-18)33(28,29)23-11-12-26(24-23)21-15-32-16-22(21)27/h3-12,21-22,27H,13-16H2,1-2H3/t21?,22-/m1/s1. The molecule has 2 aromatic carbocycles. The minimum atomic E-state index is -3.94. The lowest BCUT2D eigenvalue weighted by molar-refractivity contribution is 0.117. The molecule has 0 saturated carbocycles. The topological polar surface area (TPSA) is 103 Å². The highest BCUT2D eigenvalue weighted by Gasteiger charge is 2.32. The quantitative estimate of drug-likeness (QED) is 0.508. The van der Waals surface area contributed by atoms with E-state index in [1.54, 1.807) is 44.7 Å². The van der Waals surface area contributed by atoms with Crippen molar-refractivity contribution in [2.24, 2.45) is 0 Å². The van der Waals surface area contributed by atoms with Crippen LogP contribution in [0.4, 0.5) is 0 Å². The molecule has 176 valence electrons. The molecule has 0 radical (unpaired) electrons. The van der Waals surface area contributed by atoms with Gasteiger partial charge in [-0.05, 0) is 41.5 Å². The Morgan fingerprint density at radius 3 is 1.97 bits per heavy atom. The lowest BCUT2D eigenvalue weighted by Gasteiger charge is -2.22. The Morgan fingerprint density at radius 2 is 1.52 bits per heavy atom. The molecule has 10 heteroatoms. The molecule has 0 spiro atoms. The molecular formula is C23H27N3O6S. The van der Waals surface area contributed by atoms with Gasteiger partial charge in [-0.1, -0.05) is 24.3 Å². The van der Waals surface area contributed by atoms with E-state index in [1.807, 2.05) is 24.3 Å². The number of aliphatic hydroxyl groups excluding tert-OH is 1. The largest absolute Gasteiger partial charge is 0.497 e. The van der Waals surface area contributed by atoms with Crippen LogP contribution in [0.15, 0.2) is 65.8 Å². The number of sulfonamides is 1. The Balaban J connectivity index is 1.63. The van der Waals surface area contributed by atoms with E-state index in [1.165, 1.54) is 15.1 Å². The van der Waals surface area contributed by atoms with Crippen LogP contribution in [0.3, 0.4) is 0 Å². The summed E-state index contributed by atoms with van der Waals surface area (Å²) in [5.41, 5.74) is 1.62. The van der Waals surface area contributed by atoms with Crippen molar-refractivity contribution in [2.45, 2.75) is 30.3 Å². The van der Waals surface area contributed by atoms with Crippen LogP contribution in [-0.4, -0.2) is 61.1 Å². The molecule has 0 amide bonds. The highest BCUT2D eigenvalue weighted by Crippen LogP contribution is 2.25. The van der Waals surface area contributed by atoms with Gasteiger partial charge in [0.05, 0.1) is 27.4 Å². The zero-order valence-electron chi connectivity index (χ0n) is 18.5. The van der Waals surface area contributed by atoms with E-state index in [9.17, 15) is 13.5 Å². The van der Waals surface area contributed by atoms with E-state index in [2.05, 4.69) is 5.10 Å². The molecule has 2 heterocycles. The van der Waals surface area contributed by atoms with Crippen LogP contribution in [0.2, 0.25) is 0 Å². The van der Waals surface area contributed by atoms with E-state index < -0.39 is 22.2 Å². The number of rotatable bonds is 9. The summed E-state index contributed by atoms with van der Waals surface area (Å²) < 4.78 is 45.7. The van der Waals surface area contributed by atoms with Crippen LogP contribution in [0, 0.1) is 0 Å². The lowest BCUT2D eigenvalue weighted by Crippen LogP contribution is -2.31. The summed E-state index contributed by atoms with van der Waals surface area (Å²) in [5, 5.41) is 14.3. The van der Waals surface area contributed by atoms with Crippen LogP contribution in [0.5, 0.6) is 11.5 Å². The van der Waals surface area contributed by atoms with Gasteiger partial charge in [-0.25, -0.2) is 8.42 Å². The van der Waals surface area contributed by atoms with E-state index >= 15 is 0 Å². The molecule has 1 aromatic heterocycles. The molecule has 0 aliphatic carbocycles. The second-order valence-electron chi connectivity index (χ2n) is 7.78. The third-order valence-electron chi connectivity index (χ3n) is 5.59. The summed E-state index contributed by atoms with van der Waals surface area (Å²) in [7, 11) is -0.776. The van der Waals surface area contributed by atoms with Crippen LogP contribution >= 0.6 is 0 Å². The Labute approximate surface area is 193 Å². The molecule has 1 unspecified atom stereocenters. The molecule has 1 saturated heterocycles. The molecule has 1 fully saturated rings. The van der Waals surface area contributed by atoms with E-state index in [4.69, 9.17) is 14.2 Å². The molecule has 2 atom stereocenters. The first-order valence-electron chi connectivity index (χ1n) is 10.5. The van der Waals surface area contributed by atoms with Crippen molar-refractivity contribution in [3.63, 3.8) is 0 Å². The maximum Gasteiger partial charge on any atom is 0.262 e. The fourth-order valence-electron chi connectivity index (χ4n) is 3.65. The highest BCUT2D eigenvalue weighted by atomic mass is 32.2. The molecule has 9 nitrogen and oxygen atoms in total. The van der Waals surface area contributed by atoms with Gasteiger partial charge in [-0.15, -0.1) is 0 Å². The molecule has 0 bridgehead atoms. The Hall–Kier alpha value is -2.92. The van der Waals surface area contributed by atoms with Gasteiger partial charge in [0.1, 0.15) is 23.6 Å². The number of hydrogen-bond donors (Lipinski definition) is 1. The summed E-state index contributed by atoms with van der Waals surface area (Å²) in [6, 6.07) is 15.6. The number of methoxy groups -OCH3 is 2. The van der Waals surface area contributed by atoms with Crippen molar-refractivity contribution >= 4 is 10.0 Å². The SMILES string of the molecule is COc1ccc(CN(Cc2ccc(OC)cc2)S(=O)(=O)c2ccn(C3COC[C@H]3O)n2)cc1. The van der Waals surface area contributed by atoms with Crippen LogP contribution < -0.4 is 9.47 Å². The molecule has 33 heavy (non-hydrogen) atoms. The van der Waals surface area contributed by atoms with Crippen LogP contribution in [0.25, 0.3) is 0 Å². The normalized spacial score (nSPS) is 18.5. The summed E-state index contributed by atoms with van der Waals surface area (Å²) >= 11 is 0. The van der Waals surface area contributed by atoms with Gasteiger partial charge < -0.3 is 19.3 Å². The predicted octanol–water partition coefficient (Wildman–Crippen LogP) is 2.22. The fraction of sp³-hybridized carbons (Fsp3) is 0.348. The highest BCUT2D eigenvalue weighted by molar-refractivity contribution is 7.89. The van der Waals surface area contributed by atoms with Gasteiger partial charge in [-0.2, -0.15) is 9.40 Å². The minimum Gasteiger partial charge on any atom is -0.497 e. The molecular weight excluding hydrogens is 446 g/mol. The number of hydrogen-bond acceptors (Lipinski definition) is 7. The molecule has 4 rings (SSSR count). The summed E-state index contributed by atoms with van der Waals surface area (Å²) in [4.78, 5) is 0. The Bertz CT molecular complexity index is 1110. The Kier molecular flexibility index (Phi) is 6.99. The zero-order valence-corrected chi connectivity index (χ0v) is 19.3. The van der Waals surface area contributed by atoms with Crippen molar-refractivity contribution in [2.75, 3.05) is 27.4 Å². The van der Waals surface area contributed by atoms with Gasteiger partial charge in [0.2, 0.25) is 0 Å². The average molecular weight is 474 g/mol. The smallest absolute Gasteiger partial charge is 0.262 e. The predicted molar refractivity (Wildman–Crippen MR) is 121 cm³/mol. The first-order chi connectivity index (χ1) is 15.9. The number of aromatic nitrogens is 2. The monoisotopic (exact) mass is 473 g/mol. The first kappa shape index (κ1) is 23.2. The van der Waals surface area contributed by atoms with Crippen molar-refractivity contribution in [3.05, 3.63) is 71.9 Å². The third-order valence-corrected chi connectivity index (χ3v) is 7.27. The second-order valence-corrected chi connectivity index (χ2v) is 9.66. The summed E-state index contributed by atoms with van der Waals surface area (Å²) in [5.74, 6) is 1.39. The molecule has 1 aliphatic rings. The average Bonchev–Trinajstić information content (AvgIpc) is 3.49. The van der Waals surface area contributed by atoms with E-state index in [0.29, 0.717) is 11.5 Å². The second kappa shape index (κ2) is 9.92. The molecule has 1 N–H and O–H groups in total. The number of nitrogens with zero attached hydrogens (tertiary/aromatic N) is 3. The lowest BCUT2D eigenvalue weighted by atomic mass is 10.2. The van der Waals surface area contributed by atoms with Crippen molar-refractivity contribution in [3.8, 4) is 11.5 Å². The number of ether oxygens (including phenoxy) is 3. The van der Waals surface area contributed by atoms with Gasteiger partial charge >= 0.3 is 0 Å². The van der Waals surface area contributed by atoms with E-state index in [-0.39, 0.29) is 31.3 Å². The summed E-state index contributed by atoms with van der Waals surface area (Å²) in [6.07, 6.45) is 0.837. The van der Waals surface area contributed by atoms with Gasteiger partial charge in [0.25, 0.3) is 10.0 Å². The van der Waals surface area contributed by atoms with Crippen LogP contribution in [0.1, 0.15) is 17.2 Å². The van der Waals surface area contributed by atoms with Crippen LogP contribution in [-0.2, 0) is 27.8 Å². The number of benzene rings is 2. The maximum absolute atomic E-state index is 13.6. The maximum atomic E-state index is 13.6. The Morgan fingerprint density at radius 1 is 0.970 bits per heavy atom. The van der Waals surface area contributed by atoms with Gasteiger partial charge in [-0.3, -0.25) is 4.68 Å². The van der Waals surface area contributed by atoms with Gasteiger partial charge in [0, 0.05) is 19.3 Å². The third kappa shape index (κ3) is 5.19. The first-order valence-corrected chi connectivity index (χ1v) is 11.9. The number of aliphatic hydroxyl groups is 1. The minimum absolute atomic E-state index is 0.0800. The van der Waals surface area contributed by atoms with E-state index in [0.717, 1.165) is 11.1 Å². The molecule has 1 aliphatic heterocycles. The molecule has 3 aromatic rings. The van der Waals surface area contributed by atoms with Crippen molar-refractivity contribution < 1.29 is 27.7 Å². The van der Waals surface area contributed by atoms with Crippen molar-refractivity contribution in [1.29, 1.82) is 0 Å². The fourth-order valence-corrected chi connectivity index (χ4v) is 4.99.